The second kappa shape index (κ2) is 16.9. The Morgan fingerprint density at radius 3 is 1.22 bits per heavy atom. The van der Waals surface area contributed by atoms with E-state index in [1.54, 1.807) is 0 Å². The maximum Gasteiger partial charge on any atom is 0.0679 e. The molecule has 1 radical (unpaired) electrons. The Hall–Kier alpha value is -0.0800. The number of rotatable bonds is 15. The fourth-order valence-corrected chi connectivity index (χ4v) is 2.31. The van der Waals surface area contributed by atoms with E-state index in [1.807, 2.05) is 0 Å². The minimum atomic E-state index is 0.716. The third-order valence-corrected chi connectivity index (χ3v) is 3.51. The molecule has 0 saturated carbocycles. The highest BCUT2D eigenvalue weighted by Gasteiger charge is 1.93. The van der Waals surface area contributed by atoms with Gasteiger partial charge in [-0.3, -0.25) is 0 Å². The van der Waals surface area contributed by atoms with Crippen LogP contribution in [-0.4, -0.2) is 6.61 Å². The van der Waals surface area contributed by atoms with E-state index in [9.17, 15) is 0 Å². The van der Waals surface area contributed by atoms with Gasteiger partial charge in [-0.15, -0.1) is 0 Å². The molecule has 0 rings (SSSR count). The topological polar surface area (TPSA) is 35.2 Å². The van der Waals surface area contributed by atoms with E-state index in [4.69, 9.17) is 5.90 Å². The van der Waals surface area contributed by atoms with Gasteiger partial charge in [0.25, 0.3) is 0 Å². The highest BCUT2D eigenvalue weighted by molar-refractivity contribution is 4.49. The van der Waals surface area contributed by atoms with Crippen molar-refractivity contribution in [2.24, 2.45) is 5.90 Å². The van der Waals surface area contributed by atoms with Crippen LogP contribution >= 0.6 is 0 Å². The molecule has 0 spiro atoms. The molecule has 0 heterocycles. The zero-order valence-corrected chi connectivity index (χ0v) is 12.3. The molecule has 0 bridgehead atoms. The molecular weight excluding hydrogens is 222 g/mol. The minimum absolute atomic E-state index is 0.716. The number of nitrogens with two attached hydrogens (primary N) is 1. The molecule has 0 unspecified atom stereocenters. The van der Waals surface area contributed by atoms with Crippen molar-refractivity contribution >= 4 is 0 Å². The molecular formula is C16H34NO. The van der Waals surface area contributed by atoms with E-state index in [-0.39, 0.29) is 0 Å². The van der Waals surface area contributed by atoms with Crippen molar-refractivity contribution in [1.82, 2.24) is 0 Å². The first kappa shape index (κ1) is 17.9. The van der Waals surface area contributed by atoms with Crippen molar-refractivity contribution in [2.75, 3.05) is 6.61 Å². The minimum Gasteiger partial charge on any atom is -0.305 e. The van der Waals surface area contributed by atoms with Crippen LogP contribution in [0.4, 0.5) is 0 Å². The monoisotopic (exact) mass is 256 g/mol. The predicted molar refractivity (Wildman–Crippen MR) is 80.1 cm³/mol. The maximum atomic E-state index is 4.97. The first-order valence-corrected chi connectivity index (χ1v) is 8.02. The Balaban J connectivity index is 2.86. The summed E-state index contributed by atoms with van der Waals surface area (Å²) in [5.41, 5.74) is 0. The summed E-state index contributed by atoms with van der Waals surface area (Å²) in [4.78, 5) is 4.55. The van der Waals surface area contributed by atoms with E-state index >= 15 is 0 Å². The lowest BCUT2D eigenvalue weighted by molar-refractivity contribution is 0.133. The fraction of sp³-hybridized carbons (Fsp3) is 0.938. The highest BCUT2D eigenvalue weighted by atomic mass is 16.6. The third kappa shape index (κ3) is 15.9. The van der Waals surface area contributed by atoms with Crippen LogP contribution in [0, 0.1) is 6.92 Å². The molecule has 2 heteroatoms. The van der Waals surface area contributed by atoms with Gasteiger partial charge in [-0.25, -0.2) is 5.90 Å². The van der Waals surface area contributed by atoms with Crippen molar-refractivity contribution in [3.8, 4) is 0 Å². The summed E-state index contributed by atoms with van der Waals surface area (Å²) in [6.07, 6.45) is 18.9. The summed E-state index contributed by atoms with van der Waals surface area (Å²) in [5, 5.41) is 0. The number of unbranched alkanes of at least 4 members (excludes halogenated alkanes) is 13. The molecule has 0 aromatic carbocycles. The lowest BCUT2D eigenvalue weighted by Gasteiger charge is -2.03. The largest absolute Gasteiger partial charge is 0.305 e. The molecule has 0 amide bonds. The summed E-state index contributed by atoms with van der Waals surface area (Å²) in [6.45, 7) is 4.59. The summed E-state index contributed by atoms with van der Waals surface area (Å²) in [6, 6.07) is 0. The van der Waals surface area contributed by atoms with E-state index < -0.39 is 0 Å². The Kier molecular flexibility index (Phi) is 16.8. The molecule has 0 aromatic rings. The summed E-state index contributed by atoms with van der Waals surface area (Å²) >= 11 is 0. The zero-order valence-electron chi connectivity index (χ0n) is 12.3. The third-order valence-electron chi connectivity index (χ3n) is 3.51. The quantitative estimate of drug-likeness (QED) is 0.324. The van der Waals surface area contributed by atoms with Crippen molar-refractivity contribution in [1.29, 1.82) is 0 Å². The van der Waals surface area contributed by atoms with Gasteiger partial charge < -0.3 is 4.84 Å². The summed E-state index contributed by atoms with van der Waals surface area (Å²) in [5.74, 6) is 4.97. The van der Waals surface area contributed by atoms with Crippen LogP contribution in [0.3, 0.4) is 0 Å². The fourth-order valence-electron chi connectivity index (χ4n) is 2.31. The van der Waals surface area contributed by atoms with Crippen LogP contribution in [0.15, 0.2) is 0 Å². The Bertz CT molecular complexity index is 123. The van der Waals surface area contributed by atoms with Crippen LogP contribution in [0.1, 0.15) is 89.9 Å². The summed E-state index contributed by atoms with van der Waals surface area (Å²) < 4.78 is 0. The van der Waals surface area contributed by atoms with Crippen LogP contribution < -0.4 is 5.90 Å². The van der Waals surface area contributed by atoms with E-state index in [2.05, 4.69) is 11.8 Å². The molecule has 18 heavy (non-hydrogen) atoms. The van der Waals surface area contributed by atoms with Gasteiger partial charge in [-0.05, 0) is 6.42 Å². The molecule has 109 valence electrons. The first-order chi connectivity index (χ1) is 8.91. The van der Waals surface area contributed by atoms with Crippen LogP contribution in [-0.2, 0) is 4.84 Å². The average molecular weight is 256 g/mol. The Morgan fingerprint density at radius 1 is 0.556 bits per heavy atom. The standard InChI is InChI=1S/C16H34NO/c1-2-3-4-5-6-7-8-9-10-11-12-13-14-15-16-18-17/h1-17H2. The van der Waals surface area contributed by atoms with Crippen LogP contribution in [0.2, 0.25) is 0 Å². The second-order valence-electron chi connectivity index (χ2n) is 5.32. The Labute approximate surface area is 115 Å². The Morgan fingerprint density at radius 2 is 0.889 bits per heavy atom. The maximum absolute atomic E-state index is 4.97. The molecule has 0 atom stereocenters. The van der Waals surface area contributed by atoms with Gasteiger partial charge in [0, 0.05) is 0 Å². The molecule has 0 aromatic heterocycles. The molecule has 2 nitrogen and oxygen atoms in total. The van der Waals surface area contributed by atoms with Gasteiger partial charge in [-0.2, -0.15) is 0 Å². The predicted octanol–water partition coefficient (Wildman–Crippen LogP) is 5.17. The van der Waals surface area contributed by atoms with Gasteiger partial charge in [0.2, 0.25) is 0 Å². The summed E-state index contributed by atoms with van der Waals surface area (Å²) in [7, 11) is 0. The van der Waals surface area contributed by atoms with Gasteiger partial charge >= 0.3 is 0 Å². The van der Waals surface area contributed by atoms with Crippen LogP contribution in [0.5, 0.6) is 0 Å². The normalized spacial score (nSPS) is 11.0. The zero-order chi connectivity index (χ0) is 13.3. The van der Waals surface area contributed by atoms with E-state index in [1.165, 1.54) is 77.0 Å². The van der Waals surface area contributed by atoms with Crippen molar-refractivity contribution in [3.05, 3.63) is 6.92 Å². The van der Waals surface area contributed by atoms with Crippen molar-refractivity contribution < 1.29 is 4.84 Å². The average Bonchev–Trinajstić information content (AvgIpc) is 2.39. The van der Waals surface area contributed by atoms with Gasteiger partial charge in [0.1, 0.15) is 0 Å². The molecule has 2 N–H and O–H groups in total. The molecule has 0 aliphatic carbocycles. The van der Waals surface area contributed by atoms with E-state index in [0.29, 0.717) is 6.61 Å². The lowest BCUT2D eigenvalue weighted by Crippen LogP contribution is -2.00. The molecule has 0 aliphatic heterocycles. The molecule has 0 saturated heterocycles. The smallest absolute Gasteiger partial charge is 0.0679 e. The van der Waals surface area contributed by atoms with Gasteiger partial charge in [0.15, 0.2) is 0 Å². The van der Waals surface area contributed by atoms with Gasteiger partial charge in [0.05, 0.1) is 6.61 Å². The first-order valence-electron chi connectivity index (χ1n) is 8.02. The molecule has 0 aliphatic rings. The molecule has 0 fully saturated rings. The number of hydrogen-bond acceptors (Lipinski definition) is 2. The van der Waals surface area contributed by atoms with Gasteiger partial charge in [-0.1, -0.05) is 90.4 Å². The second-order valence-corrected chi connectivity index (χ2v) is 5.32. The van der Waals surface area contributed by atoms with Crippen LogP contribution in [0.25, 0.3) is 0 Å². The highest BCUT2D eigenvalue weighted by Crippen LogP contribution is 2.12. The lowest BCUT2D eigenvalue weighted by atomic mass is 10.0. The van der Waals surface area contributed by atoms with Crippen molar-refractivity contribution in [3.63, 3.8) is 0 Å². The SMILES string of the molecule is [CH2]CCCCCCCCCCCCCCCON. The van der Waals surface area contributed by atoms with Crippen molar-refractivity contribution in [2.45, 2.75) is 89.9 Å². The van der Waals surface area contributed by atoms with E-state index in [0.717, 1.165) is 12.8 Å². The number of hydrogen-bond donors (Lipinski definition) is 1.